The van der Waals surface area contributed by atoms with E-state index in [2.05, 4.69) is 23.6 Å². The summed E-state index contributed by atoms with van der Waals surface area (Å²) in [5.41, 5.74) is 0. The average molecular weight is 140 g/mol. The van der Waals surface area contributed by atoms with E-state index in [1.54, 1.807) is 0 Å². The molecule has 1 unspecified atom stereocenters. The molecule has 0 radical (unpaired) electrons. The number of hydrogen-bond acceptors (Lipinski definition) is 2. The fourth-order valence-electron chi connectivity index (χ4n) is 1.21. The van der Waals surface area contributed by atoms with Crippen LogP contribution in [0.1, 0.15) is 19.8 Å². The predicted molar refractivity (Wildman–Crippen MR) is 43.8 cm³/mol. The molecule has 0 fully saturated rings. The average Bonchev–Trinajstić information content (AvgIpc) is 2.17. The van der Waals surface area contributed by atoms with Gasteiger partial charge in [-0.1, -0.05) is 19.4 Å². The standard InChI is InChI=1S/C8H16N2/c1-2-4-8-7-9-5-3-6-10-8/h3,5,8-10H,2,4,6-7H2,1H3. The van der Waals surface area contributed by atoms with Crippen LogP contribution in [0, 0.1) is 0 Å². The maximum absolute atomic E-state index is 3.43. The van der Waals surface area contributed by atoms with E-state index in [9.17, 15) is 0 Å². The SMILES string of the molecule is CCCC1CNC=CCN1. The number of rotatable bonds is 2. The van der Waals surface area contributed by atoms with E-state index >= 15 is 0 Å². The van der Waals surface area contributed by atoms with Gasteiger partial charge in [0.25, 0.3) is 0 Å². The van der Waals surface area contributed by atoms with Gasteiger partial charge in [-0.3, -0.25) is 0 Å². The van der Waals surface area contributed by atoms with Gasteiger partial charge in [-0.25, -0.2) is 0 Å². The summed E-state index contributed by atoms with van der Waals surface area (Å²) >= 11 is 0. The normalized spacial score (nSPS) is 25.5. The van der Waals surface area contributed by atoms with Gasteiger partial charge in [0, 0.05) is 19.1 Å². The molecular formula is C8H16N2. The molecule has 0 bridgehead atoms. The fourth-order valence-corrected chi connectivity index (χ4v) is 1.21. The summed E-state index contributed by atoms with van der Waals surface area (Å²) in [6.07, 6.45) is 6.69. The molecular weight excluding hydrogens is 124 g/mol. The zero-order valence-corrected chi connectivity index (χ0v) is 6.56. The first-order valence-electron chi connectivity index (χ1n) is 4.05. The van der Waals surface area contributed by atoms with Crippen molar-refractivity contribution in [3.63, 3.8) is 0 Å². The maximum Gasteiger partial charge on any atom is 0.0295 e. The van der Waals surface area contributed by atoms with Crippen LogP contribution < -0.4 is 10.6 Å². The van der Waals surface area contributed by atoms with E-state index in [0.717, 1.165) is 13.1 Å². The Kier molecular flexibility index (Phi) is 3.30. The second-order valence-corrected chi connectivity index (χ2v) is 2.70. The van der Waals surface area contributed by atoms with Crippen LogP contribution >= 0.6 is 0 Å². The lowest BCUT2D eigenvalue weighted by atomic mass is 10.2. The zero-order valence-electron chi connectivity index (χ0n) is 6.56. The minimum Gasteiger partial charge on any atom is -0.390 e. The third-order valence-electron chi connectivity index (χ3n) is 1.76. The summed E-state index contributed by atoms with van der Waals surface area (Å²) in [7, 11) is 0. The van der Waals surface area contributed by atoms with E-state index < -0.39 is 0 Å². The van der Waals surface area contributed by atoms with E-state index in [1.165, 1.54) is 12.8 Å². The van der Waals surface area contributed by atoms with Crippen LogP contribution in [0.3, 0.4) is 0 Å². The molecule has 58 valence electrons. The molecule has 0 spiro atoms. The van der Waals surface area contributed by atoms with Gasteiger partial charge in [-0.05, 0) is 12.6 Å². The quantitative estimate of drug-likeness (QED) is 0.594. The summed E-state index contributed by atoms with van der Waals surface area (Å²) in [6, 6.07) is 0.667. The molecule has 2 nitrogen and oxygen atoms in total. The smallest absolute Gasteiger partial charge is 0.0295 e. The van der Waals surface area contributed by atoms with Gasteiger partial charge in [-0.15, -0.1) is 0 Å². The molecule has 1 heterocycles. The summed E-state index contributed by atoms with van der Waals surface area (Å²) in [4.78, 5) is 0. The minimum absolute atomic E-state index is 0.667. The number of hydrogen-bond donors (Lipinski definition) is 2. The van der Waals surface area contributed by atoms with Crippen LogP contribution in [0.15, 0.2) is 12.3 Å². The third-order valence-corrected chi connectivity index (χ3v) is 1.76. The second kappa shape index (κ2) is 4.34. The molecule has 1 atom stereocenters. The van der Waals surface area contributed by atoms with Crippen molar-refractivity contribution in [3.8, 4) is 0 Å². The molecule has 0 saturated heterocycles. The zero-order chi connectivity index (χ0) is 7.23. The van der Waals surface area contributed by atoms with E-state index in [4.69, 9.17) is 0 Å². The molecule has 0 saturated carbocycles. The fraction of sp³-hybridized carbons (Fsp3) is 0.750. The lowest BCUT2D eigenvalue weighted by Crippen LogP contribution is -2.34. The van der Waals surface area contributed by atoms with Crippen LogP contribution in [-0.2, 0) is 0 Å². The lowest BCUT2D eigenvalue weighted by Gasteiger charge is -2.13. The van der Waals surface area contributed by atoms with Crippen molar-refractivity contribution in [2.24, 2.45) is 0 Å². The van der Waals surface area contributed by atoms with Crippen molar-refractivity contribution in [2.45, 2.75) is 25.8 Å². The van der Waals surface area contributed by atoms with E-state index in [-0.39, 0.29) is 0 Å². The summed E-state index contributed by atoms with van der Waals surface area (Å²) < 4.78 is 0. The first kappa shape index (κ1) is 7.61. The van der Waals surface area contributed by atoms with Gasteiger partial charge in [0.2, 0.25) is 0 Å². The molecule has 2 N–H and O–H groups in total. The van der Waals surface area contributed by atoms with Crippen molar-refractivity contribution in [2.75, 3.05) is 13.1 Å². The third kappa shape index (κ3) is 2.40. The van der Waals surface area contributed by atoms with Crippen molar-refractivity contribution in [1.29, 1.82) is 0 Å². The Morgan fingerprint density at radius 1 is 1.60 bits per heavy atom. The van der Waals surface area contributed by atoms with Gasteiger partial charge >= 0.3 is 0 Å². The first-order valence-corrected chi connectivity index (χ1v) is 4.05. The number of nitrogens with one attached hydrogen (secondary N) is 2. The van der Waals surface area contributed by atoms with E-state index in [0.29, 0.717) is 6.04 Å². The summed E-state index contributed by atoms with van der Waals surface area (Å²) in [5.74, 6) is 0. The van der Waals surface area contributed by atoms with Gasteiger partial charge < -0.3 is 10.6 Å². The van der Waals surface area contributed by atoms with Crippen LogP contribution in [-0.4, -0.2) is 19.1 Å². The predicted octanol–water partition coefficient (Wildman–Crippen LogP) is 0.862. The molecule has 0 aliphatic carbocycles. The molecule has 0 aromatic heterocycles. The van der Waals surface area contributed by atoms with Crippen molar-refractivity contribution < 1.29 is 0 Å². The molecule has 10 heavy (non-hydrogen) atoms. The highest BCUT2D eigenvalue weighted by atomic mass is 15.0. The Hall–Kier alpha value is -0.500. The highest BCUT2D eigenvalue weighted by Crippen LogP contribution is 1.96. The van der Waals surface area contributed by atoms with Crippen LogP contribution in [0.25, 0.3) is 0 Å². The molecule has 1 rings (SSSR count). The molecule has 0 amide bonds. The minimum atomic E-state index is 0.667. The maximum atomic E-state index is 3.43. The Morgan fingerprint density at radius 2 is 2.50 bits per heavy atom. The van der Waals surface area contributed by atoms with Gasteiger partial charge in [0.05, 0.1) is 0 Å². The van der Waals surface area contributed by atoms with Crippen molar-refractivity contribution in [3.05, 3.63) is 12.3 Å². The molecule has 0 aromatic carbocycles. The highest BCUT2D eigenvalue weighted by Gasteiger charge is 2.05. The van der Waals surface area contributed by atoms with Crippen LogP contribution in [0.2, 0.25) is 0 Å². The second-order valence-electron chi connectivity index (χ2n) is 2.70. The monoisotopic (exact) mass is 140 g/mol. The Balaban J connectivity index is 2.20. The van der Waals surface area contributed by atoms with Crippen LogP contribution in [0.4, 0.5) is 0 Å². The molecule has 0 aromatic rings. The van der Waals surface area contributed by atoms with Gasteiger partial charge in [0.15, 0.2) is 0 Å². The lowest BCUT2D eigenvalue weighted by molar-refractivity contribution is 0.495. The summed E-state index contributed by atoms with van der Waals surface area (Å²) in [5, 5.41) is 6.67. The van der Waals surface area contributed by atoms with Gasteiger partial charge in [0.1, 0.15) is 0 Å². The van der Waals surface area contributed by atoms with Crippen molar-refractivity contribution in [1.82, 2.24) is 10.6 Å². The Bertz CT molecular complexity index is 99.8. The van der Waals surface area contributed by atoms with E-state index in [1.807, 2.05) is 6.20 Å². The van der Waals surface area contributed by atoms with Crippen molar-refractivity contribution >= 4 is 0 Å². The molecule has 2 heteroatoms. The topological polar surface area (TPSA) is 24.1 Å². The first-order chi connectivity index (χ1) is 4.93. The Labute approximate surface area is 62.7 Å². The molecule has 1 aliphatic heterocycles. The Morgan fingerprint density at radius 3 is 3.30 bits per heavy atom. The largest absolute Gasteiger partial charge is 0.390 e. The van der Waals surface area contributed by atoms with Gasteiger partial charge in [-0.2, -0.15) is 0 Å². The highest BCUT2D eigenvalue weighted by molar-refractivity contribution is 4.88. The molecule has 1 aliphatic rings. The summed E-state index contributed by atoms with van der Waals surface area (Å²) in [6.45, 7) is 4.31. The van der Waals surface area contributed by atoms with Crippen LogP contribution in [0.5, 0.6) is 0 Å².